The van der Waals surface area contributed by atoms with Crippen LogP contribution >= 0.6 is 0 Å². The van der Waals surface area contributed by atoms with Crippen molar-refractivity contribution in [3.8, 4) is 0 Å². The van der Waals surface area contributed by atoms with Gasteiger partial charge < -0.3 is 4.74 Å². The summed E-state index contributed by atoms with van der Waals surface area (Å²) in [5.74, 6) is 2.91. The van der Waals surface area contributed by atoms with Crippen LogP contribution in [-0.4, -0.2) is 11.6 Å². The highest BCUT2D eigenvalue weighted by atomic mass is 16.6. The van der Waals surface area contributed by atoms with Crippen molar-refractivity contribution in [2.24, 2.45) is 29.1 Å². The minimum absolute atomic E-state index is 0.181. The van der Waals surface area contributed by atoms with Gasteiger partial charge in [0.1, 0.15) is 5.60 Å². The van der Waals surface area contributed by atoms with Gasteiger partial charge in [-0.25, -0.2) is 4.79 Å². The maximum atomic E-state index is 11.8. The van der Waals surface area contributed by atoms with Crippen molar-refractivity contribution < 1.29 is 9.53 Å². The van der Waals surface area contributed by atoms with E-state index in [0.29, 0.717) is 22.8 Å². The van der Waals surface area contributed by atoms with E-state index in [1.807, 2.05) is 0 Å². The van der Waals surface area contributed by atoms with Crippen molar-refractivity contribution in [2.45, 2.75) is 45.1 Å². The Morgan fingerprint density at radius 3 is 2.71 bits per heavy atom. The molecule has 0 aromatic rings. The molecule has 0 heterocycles. The molecule has 4 fully saturated rings. The van der Waals surface area contributed by atoms with Gasteiger partial charge >= 0.3 is 5.97 Å². The second-order valence-electron chi connectivity index (χ2n) is 7.07. The Bertz CT molecular complexity index is 431. The van der Waals surface area contributed by atoms with Crippen LogP contribution < -0.4 is 0 Å². The average Bonchev–Trinajstić information content (AvgIpc) is 2.93. The van der Waals surface area contributed by atoms with E-state index in [1.165, 1.54) is 25.7 Å². The van der Waals surface area contributed by atoms with Gasteiger partial charge in [0.15, 0.2) is 0 Å². The average molecular weight is 232 g/mol. The summed E-state index contributed by atoms with van der Waals surface area (Å²) in [6.07, 6.45) is 5.39. The van der Waals surface area contributed by atoms with Gasteiger partial charge in [-0.1, -0.05) is 6.58 Å². The lowest BCUT2D eigenvalue weighted by molar-refractivity contribution is -0.167. The van der Waals surface area contributed by atoms with E-state index in [9.17, 15) is 4.79 Å². The molecule has 0 N–H and O–H groups in total. The molecule has 1 spiro atoms. The lowest BCUT2D eigenvalue weighted by atomic mass is 9.60. The van der Waals surface area contributed by atoms with Gasteiger partial charge in [-0.2, -0.15) is 0 Å². The number of hydrogen-bond donors (Lipinski definition) is 0. The first-order valence-electron chi connectivity index (χ1n) is 6.86. The lowest BCUT2D eigenvalue weighted by Gasteiger charge is -2.47. The smallest absolute Gasteiger partial charge is 0.333 e. The molecule has 6 atom stereocenters. The topological polar surface area (TPSA) is 26.3 Å². The molecule has 92 valence electrons. The van der Waals surface area contributed by atoms with Gasteiger partial charge in [-0.15, -0.1) is 0 Å². The molecule has 0 aliphatic heterocycles. The monoisotopic (exact) mass is 232 g/mol. The molecule has 6 unspecified atom stereocenters. The van der Waals surface area contributed by atoms with E-state index in [2.05, 4.69) is 13.5 Å². The fraction of sp³-hybridized carbons (Fsp3) is 0.800. The molecule has 17 heavy (non-hydrogen) atoms. The first-order chi connectivity index (χ1) is 7.97. The highest BCUT2D eigenvalue weighted by Gasteiger charge is 2.79. The van der Waals surface area contributed by atoms with Crippen LogP contribution in [0.5, 0.6) is 0 Å². The Kier molecular flexibility index (Phi) is 1.57. The highest BCUT2D eigenvalue weighted by molar-refractivity contribution is 5.87. The lowest BCUT2D eigenvalue weighted by Crippen LogP contribution is -2.48. The second-order valence-corrected chi connectivity index (χ2v) is 7.07. The van der Waals surface area contributed by atoms with Gasteiger partial charge in [-0.05, 0) is 62.7 Å². The van der Waals surface area contributed by atoms with Crippen molar-refractivity contribution in [1.29, 1.82) is 0 Å². The third-order valence-electron chi connectivity index (χ3n) is 6.42. The predicted octanol–water partition coefficient (Wildman–Crippen LogP) is 2.93. The molecule has 4 rings (SSSR count). The number of rotatable bonds is 2. The van der Waals surface area contributed by atoms with Crippen molar-refractivity contribution >= 4 is 5.97 Å². The molecule has 0 saturated heterocycles. The molecule has 2 heteroatoms. The zero-order chi connectivity index (χ0) is 12.0. The Hall–Kier alpha value is -0.790. The molecule has 2 bridgehead atoms. The SMILES string of the molecule is C=C(C)C(=O)OC1(C)C2CC3CC34CC1C4C2. The van der Waals surface area contributed by atoms with Gasteiger partial charge in [0, 0.05) is 11.5 Å². The molecule has 4 aliphatic rings. The molecule has 0 radical (unpaired) electrons. The van der Waals surface area contributed by atoms with Crippen LogP contribution in [0.3, 0.4) is 0 Å². The minimum atomic E-state index is -0.185. The van der Waals surface area contributed by atoms with Crippen molar-refractivity contribution in [3.05, 3.63) is 12.2 Å². The number of esters is 1. The quantitative estimate of drug-likeness (QED) is 0.540. The summed E-state index contributed by atoms with van der Waals surface area (Å²) in [5.41, 5.74) is 1.07. The summed E-state index contributed by atoms with van der Waals surface area (Å²) < 4.78 is 5.85. The van der Waals surface area contributed by atoms with E-state index in [4.69, 9.17) is 4.74 Å². The Morgan fingerprint density at radius 1 is 1.24 bits per heavy atom. The Labute approximate surface area is 102 Å². The third kappa shape index (κ3) is 0.974. The van der Waals surface area contributed by atoms with Crippen LogP contribution in [0.25, 0.3) is 0 Å². The molecular weight excluding hydrogens is 212 g/mol. The summed E-state index contributed by atoms with van der Waals surface area (Å²) in [5, 5.41) is 0. The summed E-state index contributed by atoms with van der Waals surface area (Å²) in [6.45, 7) is 7.62. The normalized spacial score (nSPS) is 56.8. The van der Waals surface area contributed by atoms with Crippen molar-refractivity contribution in [2.75, 3.05) is 0 Å². The van der Waals surface area contributed by atoms with E-state index < -0.39 is 0 Å². The van der Waals surface area contributed by atoms with E-state index in [1.54, 1.807) is 6.92 Å². The standard InChI is InChI=1S/C15H20O2/c1-8(2)13(16)17-14(3)9-4-10-6-15(10)7-12(14)11(15)5-9/h9-12H,1,4-7H2,2-3H3. The first kappa shape index (κ1) is 10.2. The van der Waals surface area contributed by atoms with Crippen molar-refractivity contribution in [1.82, 2.24) is 0 Å². The number of ether oxygens (including phenoxy) is 1. The number of fused-ring (bicyclic) bond motifs is 1. The van der Waals surface area contributed by atoms with Crippen LogP contribution in [0.15, 0.2) is 12.2 Å². The molecule has 0 aromatic heterocycles. The molecular formula is C15H20O2. The fourth-order valence-electron chi connectivity index (χ4n) is 5.33. The van der Waals surface area contributed by atoms with Crippen LogP contribution in [0.4, 0.5) is 0 Å². The Morgan fingerprint density at radius 2 is 2.00 bits per heavy atom. The van der Waals surface area contributed by atoms with E-state index in [0.717, 1.165) is 11.8 Å². The van der Waals surface area contributed by atoms with Gasteiger partial charge in [0.2, 0.25) is 0 Å². The van der Waals surface area contributed by atoms with Crippen molar-refractivity contribution in [3.63, 3.8) is 0 Å². The maximum absolute atomic E-state index is 11.8. The summed E-state index contributed by atoms with van der Waals surface area (Å²) >= 11 is 0. The maximum Gasteiger partial charge on any atom is 0.333 e. The molecule has 2 nitrogen and oxygen atoms in total. The number of hydrogen-bond acceptors (Lipinski definition) is 2. The molecule has 4 saturated carbocycles. The van der Waals surface area contributed by atoms with E-state index >= 15 is 0 Å². The van der Waals surface area contributed by atoms with Crippen LogP contribution in [-0.2, 0) is 9.53 Å². The second kappa shape index (κ2) is 2.62. The van der Waals surface area contributed by atoms with Gasteiger partial charge in [-0.3, -0.25) is 0 Å². The fourth-order valence-corrected chi connectivity index (χ4v) is 5.33. The number of carbonyl (C=O) groups is 1. The zero-order valence-corrected chi connectivity index (χ0v) is 10.7. The third-order valence-corrected chi connectivity index (χ3v) is 6.42. The summed E-state index contributed by atoms with van der Waals surface area (Å²) in [7, 11) is 0. The molecule has 4 aliphatic carbocycles. The zero-order valence-electron chi connectivity index (χ0n) is 10.7. The summed E-state index contributed by atoms with van der Waals surface area (Å²) in [4.78, 5) is 11.8. The van der Waals surface area contributed by atoms with Gasteiger partial charge in [0.25, 0.3) is 0 Å². The first-order valence-corrected chi connectivity index (χ1v) is 6.86. The van der Waals surface area contributed by atoms with Crippen LogP contribution in [0, 0.1) is 29.1 Å². The van der Waals surface area contributed by atoms with E-state index in [-0.39, 0.29) is 11.6 Å². The van der Waals surface area contributed by atoms with Crippen LogP contribution in [0.1, 0.15) is 39.5 Å². The number of carbonyl (C=O) groups excluding carboxylic acids is 1. The predicted molar refractivity (Wildman–Crippen MR) is 64.2 cm³/mol. The largest absolute Gasteiger partial charge is 0.455 e. The Balaban J connectivity index is 1.63. The van der Waals surface area contributed by atoms with Crippen LogP contribution in [0.2, 0.25) is 0 Å². The molecule has 0 amide bonds. The highest BCUT2D eigenvalue weighted by Crippen LogP contribution is 2.83. The van der Waals surface area contributed by atoms with Gasteiger partial charge in [0.05, 0.1) is 0 Å². The summed E-state index contributed by atoms with van der Waals surface area (Å²) in [6, 6.07) is 0. The minimum Gasteiger partial charge on any atom is -0.455 e. The molecule has 0 aromatic carbocycles.